The van der Waals surface area contributed by atoms with E-state index in [1.807, 2.05) is 6.26 Å². The standard InChI is InChI=1S/C22H28N2O7S2/c1-29-19-10-9-16(13-20(19)30-2)14-23-21(25)15-31-22(26)18(11-12-32-3)24-33(27,28)17-7-5-4-6-8-17/h4-10,13,18,24H,11-12,14-15H2,1-3H3,(H,23,25)/t18-/m0/s1. The van der Waals surface area contributed by atoms with Crippen molar-refractivity contribution in [2.24, 2.45) is 0 Å². The lowest BCUT2D eigenvalue weighted by Crippen LogP contribution is -2.43. The van der Waals surface area contributed by atoms with Crippen LogP contribution in [-0.4, -0.2) is 59.2 Å². The number of benzene rings is 2. The molecule has 9 nitrogen and oxygen atoms in total. The number of thioether (sulfide) groups is 1. The monoisotopic (exact) mass is 496 g/mol. The molecule has 0 heterocycles. The second-order valence-electron chi connectivity index (χ2n) is 6.84. The molecule has 0 aliphatic heterocycles. The molecule has 0 saturated carbocycles. The summed E-state index contributed by atoms with van der Waals surface area (Å²) >= 11 is 1.46. The van der Waals surface area contributed by atoms with Crippen molar-refractivity contribution in [3.8, 4) is 11.5 Å². The molecule has 0 aromatic heterocycles. The highest BCUT2D eigenvalue weighted by molar-refractivity contribution is 7.98. The second-order valence-corrected chi connectivity index (χ2v) is 9.54. The van der Waals surface area contributed by atoms with Crippen LogP contribution in [0.4, 0.5) is 0 Å². The number of hydrogen-bond donors (Lipinski definition) is 2. The molecule has 2 N–H and O–H groups in total. The van der Waals surface area contributed by atoms with Gasteiger partial charge in [-0.15, -0.1) is 0 Å². The molecule has 11 heteroatoms. The molecular formula is C22H28N2O7S2. The number of carbonyl (C=O) groups excluding carboxylic acids is 2. The molecule has 0 aliphatic carbocycles. The molecule has 0 unspecified atom stereocenters. The Morgan fingerprint density at radius 1 is 1.03 bits per heavy atom. The summed E-state index contributed by atoms with van der Waals surface area (Å²) < 4.78 is 43.0. The molecule has 0 bridgehead atoms. The lowest BCUT2D eigenvalue weighted by Gasteiger charge is -2.17. The molecular weight excluding hydrogens is 468 g/mol. The van der Waals surface area contributed by atoms with Crippen molar-refractivity contribution >= 4 is 33.7 Å². The Labute approximate surface area is 198 Å². The van der Waals surface area contributed by atoms with Gasteiger partial charge >= 0.3 is 5.97 Å². The van der Waals surface area contributed by atoms with Crippen LogP contribution in [0.5, 0.6) is 11.5 Å². The normalized spacial score (nSPS) is 12.0. The Kier molecular flexibility index (Phi) is 10.5. The summed E-state index contributed by atoms with van der Waals surface area (Å²) in [7, 11) is -0.874. The van der Waals surface area contributed by atoms with E-state index in [1.165, 1.54) is 38.1 Å². The maximum atomic E-state index is 12.6. The minimum Gasteiger partial charge on any atom is -0.493 e. The van der Waals surface area contributed by atoms with Crippen molar-refractivity contribution in [3.63, 3.8) is 0 Å². The topological polar surface area (TPSA) is 120 Å². The van der Waals surface area contributed by atoms with Gasteiger partial charge in [-0.25, -0.2) is 8.42 Å². The predicted molar refractivity (Wildman–Crippen MR) is 126 cm³/mol. The molecule has 180 valence electrons. The lowest BCUT2D eigenvalue weighted by atomic mass is 10.2. The first-order valence-electron chi connectivity index (χ1n) is 10.0. The van der Waals surface area contributed by atoms with E-state index in [-0.39, 0.29) is 17.9 Å². The van der Waals surface area contributed by atoms with E-state index >= 15 is 0 Å². The van der Waals surface area contributed by atoms with Crippen LogP contribution in [0.25, 0.3) is 0 Å². The van der Waals surface area contributed by atoms with Crippen LogP contribution < -0.4 is 19.5 Å². The van der Waals surface area contributed by atoms with Gasteiger partial charge in [-0.1, -0.05) is 24.3 Å². The first-order valence-corrected chi connectivity index (χ1v) is 12.9. The molecule has 1 atom stereocenters. The fourth-order valence-electron chi connectivity index (χ4n) is 2.80. The summed E-state index contributed by atoms with van der Waals surface area (Å²) in [4.78, 5) is 24.7. The third kappa shape index (κ3) is 8.26. The van der Waals surface area contributed by atoms with Crippen molar-refractivity contribution in [3.05, 3.63) is 54.1 Å². The van der Waals surface area contributed by atoms with Gasteiger partial charge in [0, 0.05) is 6.54 Å². The van der Waals surface area contributed by atoms with E-state index in [1.54, 1.807) is 36.4 Å². The molecule has 1 amide bonds. The molecule has 33 heavy (non-hydrogen) atoms. The first-order chi connectivity index (χ1) is 15.8. The zero-order chi connectivity index (χ0) is 24.3. The van der Waals surface area contributed by atoms with Gasteiger partial charge in [0.2, 0.25) is 10.0 Å². The number of sulfonamides is 1. The van der Waals surface area contributed by atoms with Crippen molar-refractivity contribution < 1.29 is 32.2 Å². The summed E-state index contributed by atoms with van der Waals surface area (Å²) in [5.41, 5.74) is 0.765. The summed E-state index contributed by atoms with van der Waals surface area (Å²) in [5.74, 6) is 0.286. The van der Waals surface area contributed by atoms with E-state index in [9.17, 15) is 18.0 Å². The van der Waals surface area contributed by atoms with Crippen molar-refractivity contribution in [1.29, 1.82) is 0 Å². The molecule has 2 aromatic carbocycles. The number of esters is 1. The van der Waals surface area contributed by atoms with Crippen molar-refractivity contribution in [1.82, 2.24) is 10.0 Å². The summed E-state index contributed by atoms with van der Waals surface area (Å²) in [5, 5.41) is 2.64. The van der Waals surface area contributed by atoms with Gasteiger partial charge < -0.3 is 19.5 Å². The number of rotatable bonds is 13. The van der Waals surface area contributed by atoms with Gasteiger partial charge in [0.05, 0.1) is 19.1 Å². The minimum absolute atomic E-state index is 0.0413. The van der Waals surface area contributed by atoms with Crippen LogP contribution in [0.3, 0.4) is 0 Å². The number of carbonyl (C=O) groups is 2. The van der Waals surface area contributed by atoms with Crippen LogP contribution in [0.15, 0.2) is 53.4 Å². The van der Waals surface area contributed by atoms with E-state index in [0.29, 0.717) is 17.3 Å². The van der Waals surface area contributed by atoms with Crippen LogP contribution in [0.1, 0.15) is 12.0 Å². The molecule has 0 aliphatic rings. The zero-order valence-corrected chi connectivity index (χ0v) is 20.3. The van der Waals surface area contributed by atoms with Crippen molar-refractivity contribution in [2.45, 2.75) is 23.9 Å². The van der Waals surface area contributed by atoms with Gasteiger partial charge in [-0.3, -0.25) is 9.59 Å². The van der Waals surface area contributed by atoms with Crippen molar-refractivity contribution in [2.75, 3.05) is 32.8 Å². The molecule has 0 saturated heterocycles. The molecule has 2 aromatic rings. The SMILES string of the molecule is COc1ccc(CNC(=O)COC(=O)[C@H](CCSC)NS(=O)(=O)c2ccccc2)cc1OC. The van der Waals surface area contributed by atoms with Gasteiger partial charge in [0.15, 0.2) is 18.1 Å². The fraction of sp³-hybridized carbons (Fsp3) is 0.364. The van der Waals surface area contributed by atoms with E-state index < -0.39 is 34.5 Å². The quantitative estimate of drug-likeness (QED) is 0.404. The Balaban J connectivity index is 1.93. The summed E-state index contributed by atoms with van der Waals surface area (Å²) in [6.45, 7) is -0.345. The summed E-state index contributed by atoms with van der Waals surface area (Å²) in [6, 6.07) is 11.8. The van der Waals surface area contributed by atoms with Gasteiger partial charge in [0.1, 0.15) is 6.04 Å². The van der Waals surface area contributed by atoms with E-state index in [2.05, 4.69) is 10.0 Å². The lowest BCUT2D eigenvalue weighted by molar-refractivity contribution is -0.150. The molecule has 0 radical (unpaired) electrons. The van der Waals surface area contributed by atoms with Gasteiger partial charge in [-0.05, 0) is 48.3 Å². The number of ether oxygens (including phenoxy) is 3. The maximum absolute atomic E-state index is 12.6. The first kappa shape index (κ1) is 26.5. The highest BCUT2D eigenvalue weighted by atomic mass is 32.2. The van der Waals surface area contributed by atoms with Crippen LogP contribution in [0, 0.1) is 0 Å². The maximum Gasteiger partial charge on any atom is 0.324 e. The van der Waals surface area contributed by atoms with E-state index in [4.69, 9.17) is 14.2 Å². The Morgan fingerprint density at radius 3 is 2.36 bits per heavy atom. The molecule has 0 spiro atoms. The highest BCUT2D eigenvalue weighted by Crippen LogP contribution is 2.27. The second kappa shape index (κ2) is 13.1. The number of amides is 1. The third-order valence-electron chi connectivity index (χ3n) is 4.53. The average Bonchev–Trinajstić information content (AvgIpc) is 2.83. The number of hydrogen-bond acceptors (Lipinski definition) is 8. The van der Waals surface area contributed by atoms with E-state index in [0.717, 1.165) is 5.56 Å². The highest BCUT2D eigenvalue weighted by Gasteiger charge is 2.27. The smallest absolute Gasteiger partial charge is 0.324 e. The number of methoxy groups -OCH3 is 2. The van der Waals surface area contributed by atoms with Crippen LogP contribution in [-0.2, 0) is 30.9 Å². The van der Waals surface area contributed by atoms with Crippen LogP contribution in [0.2, 0.25) is 0 Å². The Hall–Kier alpha value is -2.76. The largest absolute Gasteiger partial charge is 0.493 e. The fourth-order valence-corrected chi connectivity index (χ4v) is 4.51. The Bertz CT molecular complexity index is 1030. The minimum atomic E-state index is -3.91. The summed E-state index contributed by atoms with van der Waals surface area (Å²) in [6.07, 6.45) is 2.06. The molecule has 0 fully saturated rings. The number of nitrogens with one attached hydrogen (secondary N) is 2. The van der Waals surface area contributed by atoms with Gasteiger partial charge in [0.25, 0.3) is 5.91 Å². The van der Waals surface area contributed by atoms with Gasteiger partial charge in [-0.2, -0.15) is 16.5 Å². The van der Waals surface area contributed by atoms with Crippen LogP contribution >= 0.6 is 11.8 Å². The average molecular weight is 497 g/mol. The molecule has 2 rings (SSSR count). The zero-order valence-electron chi connectivity index (χ0n) is 18.7. The third-order valence-corrected chi connectivity index (χ3v) is 6.66. The Morgan fingerprint density at radius 2 is 1.73 bits per heavy atom. The predicted octanol–water partition coefficient (Wildman–Crippen LogP) is 1.96.